The summed E-state index contributed by atoms with van der Waals surface area (Å²) < 4.78 is 5.63. The van der Waals surface area contributed by atoms with E-state index in [1.165, 1.54) is 0 Å². The quantitative estimate of drug-likeness (QED) is 0.915. The third kappa shape index (κ3) is 5.07. The third-order valence-electron chi connectivity index (χ3n) is 2.45. The maximum Gasteiger partial charge on any atom is 0.155 e. The zero-order valence-electron chi connectivity index (χ0n) is 11.8. The van der Waals surface area contributed by atoms with Gasteiger partial charge in [0.2, 0.25) is 0 Å². The van der Waals surface area contributed by atoms with Crippen LogP contribution in [0, 0.1) is 0 Å². The molecule has 108 valence electrons. The number of rotatable bonds is 5. The predicted molar refractivity (Wildman–Crippen MR) is 82.3 cm³/mol. The van der Waals surface area contributed by atoms with Crippen molar-refractivity contribution in [3.8, 4) is 5.75 Å². The van der Waals surface area contributed by atoms with Crippen molar-refractivity contribution >= 4 is 22.9 Å². The number of ether oxygens (including phenoxy) is 1. The zero-order valence-corrected chi connectivity index (χ0v) is 13.4. The standard InChI is InChI=1S/C14H18ClN3OS/c1-14(2,3)16-8-12-17-18-13(20-12)9-19-11-6-4-10(15)5-7-11/h4-7,16H,8-9H2,1-3H3. The van der Waals surface area contributed by atoms with E-state index < -0.39 is 0 Å². The van der Waals surface area contributed by atoms with Crippen LogP contribution in [0.15, 0.2) is 24.3 Å². The van der Waals surface area contributed by atoms with Crippen molar-refractivity contribution in [2.45, 2.75) is 39.5 Å². The van der Waals surface area contributed by atoms with Gasteiger partial charge in [0.15, 0.2) is 5.01 Å². The summed E-state index contributed by atoms with van der Waals surface area (Å²) in [4.78, 5) is 0. The number of halogens is 1. The van der Waals surface area contributed by atoms with Crippen molar-refractivity contribution < 1.29 is 4.74 Å². The van der Waals surface area contributed by atoms with Crippen molar-refractivity contribution in [3.05, 3.63) is 39.3 Å². The highest BCUT2D eigenvalue weighted by Gasteiger charge is 2.11. The SMILES string of the molecule is CC(C)(C)NCc1nnc(COc2ccc(Cl)cc2)s1. The summed E-state index contributed by atoms with van der Waals surface area (Å²) in [6.45, 7) is 7.52. The predicted octanol–water partition coefficient (Wildman–Crippen LogP) is 3.66. The number of nitrogens with zero attached hydrogens (tertiary/aromatic N) is 2. The summed E-state index contributed by atoms with van der Waals surface area (Å²) in [7, 11) is 0. The molecule has 20 heavy (non-hydrogen) atoms. The van der Waals surface area contributed by atoms with E-state index in [0.29, 0.717) is 11.6 Å². The highest BCUT2D eigenvalue weighted by molar-refractivity contribution is 7.11. The molecule has 0 saturated heterocycles. The summed E-state index contributed by atoms with van der Waals surface area (Å²) in [5, 5.41) is 14.2. The molecule has 0 aliphatic heterocycles. The fourth-order valence-electron chi connectivity index (χ4n) is 1.43. The maximum atomic E-state index is 5.82. The summed E-state index contributed by atoms with van der Waals surface area (Å²) in [5.74, 6) is 0.777. The first-order chi connectivity index (χ1) is 9.42. The molecule has 1 heterocycles. The molecule has 0 saturated carbocycles. The molecule has 0 aliphatic carbocycles. The Kier molecular flexibility index (Phi) is 4.96. The normalized spacial score (nSPS) is 11.6. The summed E-state index contributed by atoms with van der Waals surface area (Å²) in [6.07, 6.45) is 0. The highest BCUT2D eigenvalue weighted by Crippen LogP contribution is 2.18. The van der Waals surface area contributed by atoms with Crippen molar-refractivity contribution in [1.29, 1.82) is 0 Å². The average molecular weight is 312 g/mol. The maximum absolute atomic E-state index is 5.82. The first-order valence-electron chi connectivity index (χ1n) is 6.37. The Morgan fingerprint density at radius 2 is 1.80 bits per heavy atom. The lowest BCUT2D eigenvalue weighted by Gasteiger charge is -2.19. The summed E-state index contributed by atoms with van der Waals surface area (Å²) >= 11 is 7.38. The number of nitrogens with one attached hydrogen (secondary N) is 1. The molecule has 0 atom stereocenters. The van der Waals surface area contributed by atoms with Gasteiger partial charge in [0.1, 0.15) is 17.4 Å². The second kappa shape index (κ2) is 6.52. The minimum Gasteiger partial charge on any atom is -0.486 e. The van der Waals surface area contributed by atoms with Crippen LogP contribution in [0.1, 0.15) is 30.8 Å². The third-order valence-corrected chi connectivity index (χ3v) is 3.60. The lowest BCUT2D eigenvalue weighted by atomic mass is 10.1. The van der Waals surface area contributed by atoms with E-state index in [1.54, 1.807) is 23.5 Å². The molecule has 4 nitrogen and oxygen atoms in total. The molecular formula is C14H18ClN3OS. The van der Waals surface area contributed by atoms with Crippen LogP contribution in [-0.2, 0) is 13.2 Å². The molecule has 0 unspecified atom stereocenters. The molecule has 0 fully saturated rings. The lowest BCUT2D eigenvalue weighted by molar-refractivity contribution is 0.304. The van der Waals surface area contributed by atoms with Crippen molar-refractivity contribution in [1.82, 2.24) is 15.5 Å². The number of hydrogen-bond donors (Lipinski definition) is 1. The highest BCUT2D eigenvalue weighted by atomic mass is 35.5. The Bertz CT molecular complexity index is 548. The second-order valence-corrected chi connectivity index (χ2v) is 7.02. The number of hydrogen-bond acceptors (Lipinski definition) is 5. The minimum absolute atomic E-state index is 0.0750. The van der Waals surface area contributed by atoms with E-state index >= 15 is 0 Å². The van der Waals surface area contributed by atoms with Gasteiger partial charge in [-0.3, -0.25) is 0 Å². The molecule has 1 N–H and O–H groups in total. The van der Waals surface area contributed by atoms with E-state index in [4.69, 9.17) is 16.3 Å². The Morgan fingerprint density at radius 1 is 1.15 bits per heavy atom. The van der Waals surface area contributed by atoms with Crippen LogP contribution >= 0.6 is 22.9 Å². The van der Waals surface area contributed by atoms with E-state index in [0.717, 1.165) is 22.3 Å². The van der Waals surface area contributed by atoms with Gasteiger partial charge in [-0.15, -0.1) is 10.2 Å². The van der Waals surface area contributed by atoms with Crippen LogP contribution in [0.4, 0.5) is 0 Å². The Hall–Kier alpha value is -1.17. The van der Waals surface area contributed by atoms with Crippen LogP contribution < -0.4 is 10.1 Å². The second-order valence-electron chi connectivity index (χ2n) is 5.44. The first kappa shape index (κ1) is 15.2. The number of aromatic nitrogens is 2. The first-order valence-corrected chi connectivity index (χ1v) is 7.56. The minimum atomic E-state index is 0.0750. The van der Waals surface area contributed by atoms with E-state index in [1.807, 2.05) is 12.1 Å². The van der Waals surface area contributed by atoms with Crippen molar-refractivity contribution in [3.63, 3.8) is 0 Å². The molecule has 1 aromatic carbocycles. The molecule has 0 radical (unpaired) electrons. The number of benzene rings is 1. The summed E-state index contributed by atoms with van der Waals surface area (Å²) in [6, 6.07) is 7.28. The van der Waals surface area contributed by atoms with Gasteiger partial charge in [-0.05, 0) is 45.0 Å². The van der Waals surface area contributed by atoms with Gasteiger partial charge >= 0.3 is 0 Å². The van der Waals surface area contributed by atoms with Gasteiger partial charge in [-0.2, -0.15) is 0 Å². The van der Waals surface area contributed by atoms with Gasteiger partial charge in [0, 0.05) is 10.6 Å². The molecule has 2 rings (SSSR count). The fourth-order valence-corrected chi connectivity index (χ4v) is 2.26. The van der Waals surface area contributed by atoms with Crippen LogP contribution in [-0.4, -0.2) is 15.7 Å². The van der Waals surface area contributed by atoms with Gasteiger partial charge in [0.25, 0.3) is 0 Å². The largest absolute Gasteiger partial charge is 0.486 e. The smallest absolute Gasteiger partial charge is 0.155 e. The Labute approximate surface area is 128 Å². The van der Waals surface area contributed by atoms with Gasteiger partial charge < -0.3 is 10.1 Å². The molecular weight excluding hydrogens is 294 g/mol. The van der Waals surface area contributed by atoms with E-state index in [9.17, 15) is 0 Å². The van der Waals surface area contributed by atoms with Crippen LogP contribution in [0.5, 0.6) is 5.75 Å². The molecule has 6 heteroatoms. The van der Waals surface area contributed by atoms with Crippen LogP contribution in [0.3, 0.4) is 0 Å². The van der Waals surface area contributed by atoms with Gasteiger partial charge in [-0.1, -0.05) is 22.9 Å². The molecule has 0 amide bonds. The molecule has 0 spiro atoms. The average Bonchev–Trinajstić information content (AvgIpc) is 2.83. The Morgan fingerprint density at radius 3 is 2.45 bits per heavy atom. The zero-order chi connectivity index (χ0) is 14.6. The van der Waals surface area contributed by atoms with E-state index in [-0.39, 0.29) is 5.54 Å². The molecule has 2 aromatic rings. The topological polar surface area (TPSA) is 47.0 Å². The Balaban J connectivity index is 1.85. The monoisotopic (exact) mass is 311 g/mol. The van der Waals surface area contributed by atoms with Crippen molar-refractivity contribution in [2.24, 2.45) is 0 Å². The van der Waals surface area contributed by atoms with E-state index in [2.05, 4.69) is 36.3 Å². The fraction of sp³-hybridized carbons (Fsp3) is 0.429. The van der Waals surface area contributed by atoms with Crippen molar-refractivity contribution in [2.75, 3.05) is 0 Å². The van der Waals surface area contributed by atoms with Gasteiger partial charge in [-0.25, -0.2) is 0 Å². The van der Waals surface area contributed by atoms with Gasteiger partial charge in [0.05, 0.1) is 6.54 Å². The van der Waals surface area contributed by atoms with Crippen LogP contribution in [0.25, 0.3) is 0 Å². The lowest BCUT2D eigenvalue weighted by Crippen LogP contribution is -2.35. The molecule has 0 bridgehead atoms. The summed E-state index contributed by atoms with van der Waals surface area (Å²) in [5.41, 5.74) is 0.0750. The van der Waals surface area contributed by atoms with Crippen LogP contribution in [0.2, 0.25) is 5.02 Å². The molecule has 1 aromatic heterocycles. The molecule has 0 aliphatic rings.